The van der Waals surface area contributed by atoms with Crippen LogP contribution in [0.25, 0.3) is 0 Å². The molecule has 1 amide bonds. The summed E-state index contributed by atoms with van der Waals surface area (Å²) in [6.07, 6.45) is 0.599. The van der Waals surface area contributed by atoms with Gasteiger partial charge in [0.2, 0.25) is 5.91 Å². The van der Waals surface area contributed by atoms with Crippen molar-refractivity contribution < 1.29 is 9.90 Å². The van der Waals surface area contributed by atoms with Gasteiger partial charge in [0.1, 0.15) is 0 Å². The van der Waals surface area contributed by atoms with Gasteiger partial charge in [0.25, 0.3) is 0 Å². The van der Waals surface area contributed by atoms with Gasteiger partial charge in [-0.25, -0.2) is 0 Å². The maximum atomic E-state index is 11.8. The average Bonchev–Trinajstić information content (AvgIpc) is 2.28. The van der Waals surface area contributed by atoms with Crippen molar-refractivity contribution in [2.24, 2.45) is 0 Å². The molecule has 0 radical (unpaired) electrons. The number of carbonyl (C=O) groups excluding carboxylic acids is 1. The molecule has 0 saturated carbocycles. The van der Waals surface area contributed by atoms with Crippen molar-refractivity contribution in [1.82, 2.24) is 4.90 Å². The van der Waals surface area contributed by atoms with Crippen molar-refractivity contribution in [3.8, 4) is 0 Å². The van der Waals surface area contributed by atoms with Gasteiger partial charge in [-0.05, 0) is 31.0 Å². The standard InChI is InChI=1S/C13H20N2O2.ClH/c1-10(16)7-8-15(2)13(17)9-11-3-5-12(14)6-4-11;/h3-6,10,16H,7-9,14H2,1-2H3;1H. The lowest BCUT2D eigenvalue weighted by molar-refractivity contribution is -0.129. The summed E-state index contributed by atoms with van der Waals surface area (Å²) < 4.78 is 0. The molecular formula is C13H21ClN2O2. The van der Waals surface area contributed by atoms with E-state index in [0.717, 1.165) is 5.56 Å². The van der Waals surface area contributed by atoms with Crippen LogP contribution in [0.15, 0.2) is 24.3 Å². The van der Waals surface area contributed by atoms with Crippen LogP contribution in [0.1, 0.15) is 18.9 Å². The molecule has 0 bridgehead atoms. The molecule has 0 spiro atoms. The summed E-state index contributed by atoms with van der Waals surface area (Å²) in [5.41, 5.74) is 7.22. The lowest BCUT2D eigenvalue weighted by atomic mass is 10.1. The summed E-state index contributed by atoms with van der Waals surface area (Å²) >= 11 is 0. The fourth-order valence-corrected chi connectivity index (χ4v) is 1.45. The largest absolute Gasteiger partial charge is 0.399 e. The van der Waals surface area contributed by atoms with E-state index in [1.54, 1.807) is 31.0 Å². The van der Waals surface area contributed by atoms with Crippen molar-refractivity contribution in [2.75, 3.05) is 19.3 Å². The van der Waals surface area contributed by atoms with Crippen molar-refractivity contribution in [3.05, 3.63) is 29.8 Å². The molecule has 1 rings (SSSR count). The van der Waals surface area contributed by atoms with E-state index in [-0.39, 0.29) is 24.4 Å². The molecule has 1 aromatic rings. The summed E-state index contributed by atoms with van der Waals surface area (Å²) in [5, 5.41) is 9.15. The second kappa shape index (κ2) is 7.95. The Morgan fingerprint density at radius 2 is 1.94 bits per heavy atom. The number of nitrogens with zero attached hydrogens (tertiary/aromatic N) is 1. The summed E-state index contributed by atoms with van der Waals surface area (Å²) in [4.78, 5) is 13.5. The van der Waals surface area contributed by atoms with Crippen molar-refractivity contribution in [2.45, 2.75) is 25.9 Å². The van der Waals surface area contributed by atoms with Crippen LogP contribution in [-0.4, -0.2) is 35.6 Å². The average molecular weight is 273 g/mol. The van der Waals surface area contributed by atoms with Gasteiger partial charge < -0.3 is 15.7 Å². The number of anilines is 1. The van der Waals surface area contributed by atoms with E-state index in [2.05, 4.69) is 0 Å². The monoisotopic (exact) mass is 272 g/mol. The minimum absolute atomic E-state index is 0. The van der Waals surface area contributed by atoms with Crippen LogP contribution in [0, 0.1) is 0 Å². The van der Waals surface area contributed by atoms with Gasteiger partial charge in [-0.3, -0.25) is 4.79 Å². The molecule has 5 heteroatoms. The van der Waals surface area contributed by atoms with Gasteiger partial charge in [0, 0.05) is 19.3 Å². The predicted molar refractivity (Wildman–Crippen MR) is 75.7 cm³/mol. The van der Waals surface area contributed by atoms with Gasteiger partial charge in [0.15, 0.2) is 0 Å². The summed E-state index contributed by atoms with van der Waals surface area (Å²) in [6.45, 7) is 2.30. The van der Waals surface area contributed by atoms with Gasteiger partial charge in [-0.1, -0.05) is 12.1 Å². The van der Waals surface area contributed by atoms with Gasteiger partial charge in [0.05, 0.1) is 12.5 Å². The van der Waals surface area contributed by atoms with E-state index in [1.165, 1.54) is 0 Å². The Kier molecular flexibility index (Phi) is 7.39. The molecule has 0 aliphatic rings. The fraction of sp³-hybridized carbons (Fsp3) is 0.462. The van der Waals surface area contributed by atoms with Gasteiger partial charge in [-0.15, -0.1) is 12.4 Å². The molecule has 3 N–H and O–H groups in total. The molecular weight excluding hydrogens is 252 g/mol. The third-order valence-corrected chi connectivity index (χ3v) is 2.64. The Morgan fingerprint density at radius 3 is 2.44 bits per heavy atom. The zero-order valence-corrected chi connectivity index (χ0v) is 11.6. The maximum absolute atomic E-state index is 11.8. The number of amides is 1. The Balaban J connectivity index is 0.00000289. The number of hydrogen-bond donors (Lipinski definition) is 2. The first-order valence-corrected chi connectivity index (χ1v) is 5.75. The Hall–Kier alpha value is -1.26. The number of nitrogens with two attached hydrogens (primary N) is 1. The predicted octanol–water partition coefficient (Wildman–Crippen LogP) is 1.46. The van der Waals surface area contributed by atoms with E-state index >= 15 is 0 Å². The first kappa shape index (κ1) is 16.7. The molecule has 4 nitrogen and oxygen atoms in total. The van der Waals surface area contributed by atoms with E-state index in [0.29, 0.717) is 25.1 Å². The van der Waals surface area contributed by atoms with Crippen LogP contribution >= 0.6 is 12.4 Å². The quantitative estimate of drug-likeness (QED) is 0.798. The second-order valence-electron chi connectivity index (χ2n) is 4.37. The molecule has 1 atom stereocenters. The molecule has 18 heavy (non-hydrogen) atoms. The normalized spacial score (nSPS) is 11.5. The topological polar surface area (TPSA) is 66.6 Å². The summed E-state index contributed by atoms with van der Waals surface area (Å²) in [6, 6.07) is 7.29. The SMILES string of the molecule is CC(O)CCN(C)C(=O)Cc1ccc(N)cc1.Cl. The fourth-order valence-electron chi connectivity index (χ4n) is 1.45. The third-order valence-electron chi connectivity index (χ3n) is 2.64. The van der Waals surface area contributed by atoms with E-state index < -0.39 is 0 Å². The molecule has 102 valence electrons. The highest BCUT2D eigenvalue weighted by molar-refractivity contribution is 5.85. The molecule has 1 aromatic carbocycles. The Labute approximate surface area is 114 Å². The zero-order chi connectivity index (χ0) is 12.8. The van der Waals surface area contributed by atoms with Crippen LogP contribution in [0.2, 0.25) is 0 Å². The van der Waals surface area contributed by atoms with Crippen LogP contribution in [0.3, 0.4) is 0 Å². The Morgan fingerprint density at radius 1 is 1.39 bits per heavy atom. The van der Waals surface area contributed by atoms with Crippen molar-refractivity contribution >= 4 is 24.0 Å². The van der Waals surface area contributed by atoms with Crippen LogP contribution in [0.5, 0.6) is 0 Å². The van der Waals surface area contributed by atoms with Crippen LogP contribution < -0.4 is 5.73 Å². The molecule has 0 aliphatic carbocycles. The zero-order valence-electron chi connectivity index (χ0n) is 10.8. The van der Waals surface area contributed by atoms with Crippen LogP contribution in [-0.2, 0) is 11.2 Å². The first-order valence-electron chi connectivity index (χ1n) is 5.75. The minimum Gasteiger partial charge on any atom is -0.399 e. The number of halogens is 1. The number of aliphatic hydroxyl groups is 1. The first-order chi connectivity index (χ1) is 7.99. The summed E-state index contributed by atoms with van der Waals surface area (Å²) in [5.74, 6) is 0.0513. The highest BCUT2D eigenvalue weighted by Crippen LogP contribution is 2.07. The van der Waals surface area contributed by atoms with Crippen molar-refractivity contribution in [3.63, 3.8) is 0 Å². The van der Waals surface area contributed by atoms with E-state index in [9.17, 15) is 4.79 Å². The van der Waals surface area contributed by atoms with Crippen molar-refractivity contribution in [1.29, 1.82) is 0 Å². The number of aliphatic hydroxyl groups excluding tert-OH is 1. The highest BCUT2D eigenvalue weighted by Gasteiger charge is 2.10. The third kappa shape index (κ3) is 5.89. The maximum Gasteiger partial charge on any atom is 0.226 e. The minimum atomic E-state index is -0.373. The van der Waals surface area contributed by atoms with Gasteiger partial charge in [-0.2, -0.15) is 0 Å². The lowest BCUT2D eigenvalue weighted by Gasteiger charge is -2.18. The smallest absolute Gasteiger partial charge is 0.226 e. The number of rotatable bonds is 5. The molecule has 0 aliphatic heterocycles. The van der Waals surface area contributed by atoms with Gasteiger partial charge >= 0.3 is 0 Å². The number of likely N-dealkylation sites (N-methyl/N-ethyl adjacent to an activating group) is 1. The van der Waals surface area contributed by atoms with E-state index in [4.69, 9.17) is 10.8 Å². The highest BCUT2D eigenvalue weighted by atomic mass is 35.5. The number of benzene rings is 1. The van der Waals surface area contributed by atoms with E-state index in [1.807, 2.05) is 12.1 Å². The lowest BCUT2D eigenvalue weighted by Crippen LogP contribution is -2.30. The molecule has 0 heterocycles. The number of hydrogen-bond acceptors (Lipinski definition) is 3. The molecule has 1 unspecified atom stereocenters. The Bertz CT molecular complexity index is 366. The molecule has 0 fully saturated rings. The summed E-state index contributed by atoms with van der Waals surface area (Å²) in [7, 11) is 1.75. The second-order valence-corrected chi connectivity index (χ2v) is 4.37. The molecule has 0 aromatic heterocycles. The van der Waals surface area contributed by atoms with Crippen LogP contribution in [0.4, 0.5) is 5.69 Å². The molecule has 0 saturated heterocycles. The number of nitrogen functional groups attached to an aromatic ring is 1. The number of carbonyl (C=O) groups is 1.